The SMILES string of the molecule is CCCCC/C=C\C/C=C\CCCCCCCCCCCC(=O)OC(COC(=O)CCCCCCC/C=C\CCCCCCCCC)COP(=O)(O)OC. The molecule has 0 aliphatic carbocycles. The zero-order chi connectivity index (χ0) is 39.6. The molecule has 0 aromatic carbocycles. The van der Waals surface area contributed by atoms with Crippen LogP contribution in [0.25, 0.3) is 0 Å². The third kappa shape index (κ3) is 39.9. The van der Waals surface area contributed by atoms with Gasteiger partial charge in [-0.2, -0.15) is 0 Å². The lowest BCUT2D eigenvalue weighted by Gasteiger charge is -2.19. The molecule has 0 aliphatic heterocycles. The fourth-order valence-corrected chi connectivity index (χ4v) is 6.61. The number of unbranched alkanes of at least 4 members (excludes halogenated alkanes) is 24. The Kier molecular flexibility index (Phi) is 39.6. The molecule has 0 rings (SSSR count). The molecule has 0 radical (unpaired) electrons. The predicted octanol–water partition coefficient (Wildman–Crippen LogP) is 14.0. The number of rotatable bonds is 41. The second-order valence-corrected chi connectivity index (χ2v) is 16.4. The van der Waals surface area contributed by atoms with Gasteiger partial charge in [0.1, 0.15) is 6.61 Å². The monoisotopic (exact) mass is 783 g/mol. The number of ether oxygens (including phenoxy) is 2. The Bertz CT molecular complexity index is 979. The average molecular weight is 783 g/mol. The molecule has 0 fully saturated rings. The van der Waals surface area contributed by atoms with Gasteiger partial charge in [0, 0.05) is 20.0 Å². The second-order valence-electron chi connectivity index (χ2n) is 14.8. The maximum absolute atomic E-state index is 12.5. The number of carbonyl (C=O) groups excluding carboxylic acids is 2. The van der Waals surface area contributed by atoms with Crippen molar-refractivity contribution in [1.82, 2.24) is 0 Å². The summed E-state index contributed by atoms with van der Waals surface area (Å²) in [6, 6.07) is 0. The van der Waals surface area contributed by atoms with Crippen LogP contribution in [-0.4, -0.2) is 43.3 Å². The number of hydrogen-bond acceptors (Lipinski definition) is 7. The molecule has 9 heteroatoms. The molecule has 316 valence electrons. The van der Waals surface area contributed by atoms with E-state index in [2.05, 4.69) is 54.8 Å². The van der Waals surface area contributed by atoms with Crippen molar-refractivity contribution in [3.63, 3.8) is 0 Å². The van der Waals surface area contributed by atoms with Crippen molar-refractivity contribution in [2.24, 2.45) is 0 Å². The normalized spacial score (nSPS) is 13.6. The van der Waals surface area contributed by atoms with Gasteiger partial charge < -0.3 is 14.4 Å². The van der Waals surface area contributed by atoms with Gasteiger partial charge in [0.05, 0.1) is 6.61 Å². The molecular weight excluding hydrogens is 699 g/mol. The van der Waals surface area contributed by atoms with Gasteiger partial charge in [0.2, 0.25) is 0 Å². The quantitative estimate of drug-likeness (QED) is 0.0283. The van der Waals surface area contributed by atoms with E-state index >= 15 is 0 Å². The molecular formula is C45H83O8P. The van der Waals surface area contributed by atoms with E-state index in [9.17, 15) is 19.0 Å². The fraction of sp³-hybridized carbons (Fsp3) is 0.822. The predicted molar refractivity (Wildman–Crippen MR) is 226 cm³/mol. The number of allylic oxidation sites excluding steroid dienone is 6. The van der Waals surface area contributed by atoms with Crippen molar-refractivity contribution in [3.8, 4) is 0 Å². The fourth-order valence-electron chi connectivity index (χ4n) is 6.15. The van der Waals surface area contributed by atoms with E-state index in [1.54, 1.807) is 0 Å². The smallest absolute Gasteiger partial charge is 0.462 e. The maximum Gasteiger partial charge on any atom is 0.472 e. The zero-order valence-electron chi connectivity index (χ0n) is 35.1. The number of esters is 2. The van der Waals surface area contributed by atoms with E-state index in [-0.39, 0.29) is 25.4 Å². The van der Waals surface area contributed by atoms with Crippen LogP contribution < -0.4 is 0 Å². The lowest BCUT2D eigenvalue weighted by molar-refractivity contribution is -0.161. The first-order chi connectivity index (χ1) is 26.3. The van der Waals surface area contributed by atoms with Crippen LogP contribution >= 0.6 is 7.82 Å². The van der Waals surface area contributed by atoms with Crippen LogP contribution in [-0.2, 0) is 32.7 Å². The Balaban J connectivity index is 3.99. The molecule has 1 N–H and O–H groups in total. The van der Waals surface area contributed by atoms with Crippen LogP contribution in [0.3, 0.4) is 0 Å². The molecule has 2 atom stereocenters. The largest absolute Gasteiger partial charge is 0.472 e. The van der Waals surface area contributed by atoms with Gasteiger partial charge >= 0.3 is 19.8 Å². The highest BCUT2D eigenvalue weighted by Crippen LogP contribution is 2.42. The van der Waals surface area contributed by atoms with Gasteiger partial charge in [-0.05, 0) is 70.6 Å². The Morgan fingerprint density at radius 1 is 0.519 bits per heavy atom. The van der Waals surface area contributed by atoms with Gasteiger partial charge in [-0.3, -0.25) is 18.6 Å². The minimum absolute atomic E-state index is 0.230. The first kappa shape index (κ1) is 52.3. The van der Waals surface area contributed by atoms with Crippen LogP contribution in [0, 0.1) is 0 Å². The van der Waals surface area contributed by atoms with Crippen molar-refractivity contribution in [2.75, 3.05) is 20.3 Å². The number of carbonyl (C=O) groups is 2. The van der Waals surface area contributed by atoms with Crippen molar-refractivity contribution in [2.45, 2.75) is 219 Å². The number of phosphoric ester groups is 1. The summed E-state index contributed by atoms with van der Waals surface area (Å²) in [5, 5.41) is 0. The maximum atomic E-state index is 12.5. The summed E-state index contributed by atoms with van der Waals surface area (Å²) in [6.07, 6.45) is 47.6. The van der Waals surface area contributed by atoms with E-state index in [1.165, 1.54) is 116 Å². The number of hydrogen-bond donors (Lipinski definition) is 1. The van der Waals surface area contributed by atoms with Gasteiger partial charge in [0.25, 0.3) is 0 Å². The molecule has 0 saturated heterocycles. The first-order valence-corrected chi connectivity index (χ1v) is 23.7. The summed E-state index contributed by atoms with van der Waals surface area (Å²) in [5.41, 5.74) is 0. The standard InChI is InChI=1S/C45H83O8P/c1-4-6-8-10-12-14-16-18-20-22-23-24-26-28-30-32-34-36-38-40-45(47)53-43(42-52-54(48,49)50-3)41-51-44(46)39-37-35-33-31-29-27-25-21-19-17-15-13-11-9-7-5-2/h12,14,18,20-21,25,43H,4-11,13,15-17,19,22-24,26-42H2,1-3H3,(H,48,49)/b14-12-,20-18-,25-21-. The highest BCUT2D eigenvalue weighted by atomic mass is 31.2. The van der Waals surface area contributed by atoms with Crippen LogP contribution in [0.1, 0.15) is 213 Å². The van der Waals surface area contributed by atoms with Gasteiger partial charge in [0.15, 0.2) is 6.10 Å². The van der Waals surface area contributed by atoms with Crippen LogP contribution in [0.4, 0.5) is 0 Å². The van der Waals surface area contributed by atoms with Crippen LogP contribution in [0.15, 0.2) is 36.5 Å². The third-order valence-electron chi connectivity index (χ3n) is 9.61. The summed E-state index contributed by atoms with van der Waals surface area (Å²) in [7, 11) is -3.20. The van der Waals surface area contributed by atoms with Crippen LogP contribution in [0.5, 0.6) is 0 Å². The van der Waals surface area contributed by atoms with Crippen molar-refractivity contribution >= 4 is 19.8 Å². The Hall–Kier alpha value is -1.73. The molecule has 0 heterocycles. The van der Waals surface area contributed by atoms with E-state index in [0.29, 0.717) is 6.42 Å². The molecule has 8 nitrogen and oxygen atoms in total. The molecule has 0 amide bonds. The summed E-state index contributed by atoms with van der Waals surface area (Å²) < 4.78 is 32.0. The zero-order valence-corrected chi connectivity index (χ0v) is 36.0. The minimum Gasteiger partial charge on any atom is -0.462 e. The van der Waals surface area contributed by atoms with Crippen LogP contribution in [0.2, 0.25) is 0 Å². The molecule has 0 saturated carbocycles. The highest BCUT2D eigenvalue weighted by Gasteiger charge is 2.24. The lowest BCUT2D eigenvalue weighted by atomic mass is 10.1. The van der Waals surface area contributed by atoms with E-state index in [0.717, 1.165) is 71.3 Å². The van der Waals surface area contributed by atoms with Gasteiger partial charge in [-0.25, -0.2) is 4.57 Å². The molecule has 0 aromatic rings. The molecule has 0 spiro atoms. The second kappa shape index (κ2) is 40.9. The van der Waals surface area contributed by atoms with Crippen molar-refractivity contribution in [3.05, 3.63) is 36.5 Å². The lowest BCUT2D eigenvalue weighted by Crippen LogP contribution is -2.29. The average Bonchev–Trinajstić information content (AvgIpc) is 3.16. The van der Waals surface area contributed by atoms with Gasteiger partial charge in [-0.15, -0.1) is 0 Å². The summed E-state index contributed by atoms with van der Waals surface area (Å²) in [4.78, 5) is 34.5. The Morgan fingerprint density at radius 3 is 1.35 bits per heavy atom. The molecule has 0 bridgehead atoms. The molecule has 0 aromatic heterocycles. The summed E-state index contributed by atoms with van der Waals surface area (Å²) in [5.74, 6) is -0.814. The molecule has 54 heavy (non-hydrogen) atoms. The van der Waals surface area contributed by atoms with E-state index < -0.39 is 26.5 Å². The van der Waals surface area contributed by atoms with Crippen molar-refractivity contribution in [1.29, 1.82) is 0 Å². The molecule has 0 aliphatic rings. The van der Waals surface area contributed by atoms with E-state index in [4.69, 9.17) is 14.0 Å². The Morgan fingerprint density at radius 2 is 0.889 bits per heavy atom. The first-order valence-electron chi connectivity index (χ1n) is 22.2. The summed E-state index contributed by atoms with van der Waals surface area (Å²) >= 11 is 0. The molecule has 2 unspecified atom stereocenters. The van der Waals surface area contributed by atoms with Gasteiger partial charge in [-0.1, -0.05) is 166 Å². The topological polar surface area (TPSA) is 108 Å². The third-order valence-corrected chi connectivity index (χ3v) is 10.5. The minimum atomic E-state index is -4.26. The van der Waals surface area contributed by atoms with Crippen molar-refractivity contribution < 1.29 is 37.6 Å². The summed E-state index contributed by atoms with van der Waals surface area (Å²) in [6.45, 7) is 3.86. The van der Waals surface area contributed by atoms with E-state index in [1.807, 2.05) is 0 Å². The highest BCUT2D eigenvalue weighted by molar-refractivity contribution is 7.47. The Labute approximate surface area is 332 Å². The number of phosphoric acid groups is 1.